The Morgan fingerprint density at radius 1 is 1.29 bits per heavy atom. The lowest BCUT2D eigenvalue weighted by molar-refractivity contribution is -0.117. The molecule has 1 aliphatic carbocycles. The molecule has 1 fully saturated rings. The second-order valence-electron chi connectivity index (χ2n) is 5.38. The smallest absolute Gasteiger partial charge is 0.228 e. The summed E-state index contributed by atoms with van der Waals surface area (Å²) in [6.07, 6.45) is 3.65. The lowest BCUT2D eigenvalue weighted by Gasteiger charge is -2.02. The molecular formula is C16H12N4O. The summed E-state index contributed by atoms with van der Waals surface area (Å²) < 4.78 is 0. The van der Waals surface area contributed by atoms with E-state index >= 15 is 0 Å². The van der Waals surface area contributed by atoms with E-state index in [9.17, 15) is 4.79 Å². The average Bonchev–Trinajstić information content (AvgIpc) is 3.29. The fourth-order valence-electron chi connectivity index (χ4n) is 2.52. The van der Waals surface area contributed by atoms with E-state index in [1.165, 1.54) is 0 Å². The minimum absolute atomic E-state index is 0.0495. The maximum Gasteiger partial charge on any atom is 0.228 e. The first-order chi connectivity index (χ1) is 10.2. The van der Waals surface area contributed by atoms with Gasteiger partial charge in [0.2, 0.25) is 5.91 Å². The van der Waals surface area contributed by atoms with Crippen LogP contribution in [-0.2, 0) is 4.79 Å². The highest BCUT2D eigenvalue weighted by atomic mass is 16.2. The molecule has 0 bridgehead atoms. The van der Waals surface area contributed by atoms with Crippen molar-refractivity contribution in [1.29, 1.82) is 5.26 Å². The molecule has 21 heavy (non-hydrogen) atoms. The largest absolute Gasteiger partial charge is 0.353 e. The van der Waals surface area contributed by atoms with Crippen molar-refractivity contribution in [3.05, 3.63) is 36.0 Å². The minimum Gasteiger partial charge on any atom is -0.353 e. The number of hydrogen-bond donors (Lipinski definition) is 2. The number of nitrogens with zero attached hydrogens (tertiary/aromatic N) is 2. The number of amides is 1. The molecule has 102 valence electrons. The third-order valence-corrected chi connectivity index (χ3v) is 3.81. The summed E-state index contributed by atoms with van der Waals surface area (Å²) in [7, 11) is 0. The van der Waals surface area contributed by atoms with Crippen LogP contribution in [0.1, 0.15) is 18.4 Å². The molecule has 5 heteroatoms. The molecule has 0 unspecified atom stereocenters. The van der Waals surface area contributed by atoms with Crippen molar-refractivity contribution in [2.45, 2.75) is 12.8 Å². The maximum absolute atomic E-state index is 11.8. The van der Waals surface area contributed by atoms with E-state index in [2.05, 4.69) is 21.4 Å². The molecule has 2 heterocycles. The van der Waals surface area contributed by atoms with Gasteiger partial charge in [-0.2, -0.15) is 5.26 Å². The number of hydrogen-bond acceptors (Lipinski definition) is 3. The molecule has 1 saturated carbocycles. The second-order valence-corrected chi connectivity index (χ2v) is 5.38. The third-order valence-electron chi connectivity index (χ3n) is 3.81. The first kappa shape index (κ1) is 11.9. The van der Waals surface area contributed by atoms with E-state index in [-0.39, 0.29) is 11.8 Å². The highest BCUT2D eigenvalue weighted by Gasteiger charge is 2.29. The molecule has 1 amide bonds. The minimum atomic E-state index is 0.0495. The van der Waals surface area contributed by atoms with Crippen LogP contribution in [0.15, 0.2) is 30.5 Å². The predicted molar refractivity (Wildman–Crippen MR) is 79.7 cm³/mol. The van der Waals surface area contributed by atoms with E-state index < -0.39 is 0 Å². The van der Waals surface area contributed by atoms with Gasteiger partial charge in [0.25, 0.3) is 0 Å². The number of nitriles is 1. The quantitative estimate of drug-likeness (QED) is 0.755. The number of pyridine rings is 1. The lowest BCUT2D eigenvalue weighted by atomic mass is 10.1. The number of aromatic amines is 1. The van der Waals surface area contributed by atoms with Gasteiger partial charge in [-0.05, 0) is 31.0 Å². The zero-order valence-electron chi connectivity index (χ0n) is 11.2. The first-order valence-corrected chi connectivity index (χ1v) is 6.87. The van der Waals surface area contributed by atoms with Crippen molar-refractivity contribution in [1.82, 2.24) is 9.97 Å². The molecule has 5 nitrogen and oxygen atoms in total. The van der Waals surface area contributed by atoms with Gasteiger partial charge in [0.05, 0.1) is 23.3 Å². The Kier molecular flexibility index (Phi) is 2.45. The molecule has 0 radical (unpaired) electrons. The summed E-state index contributed by atoms with van der Waals surface area (Å²) in [5, 5.41) is 13.8. The number of fused-ring (bicyclic) bond motifs is 3. The standard InChI is InChI=1S/C16H12N4O/c17-7-9-1-4-11-12-6-15(20-16(21)10-2-3-10)18-8-14(12)19-13(11)5-9/h1,4-6,8,10,19H,2-3H2,(H,18,20,21). The van der Waals surface area contributed by atoms with Gasteiger partial charge in [0, 0.05) is 22.2 Å². The average molecular weight is 276 g/mol. The topological polar surface area (TPSA) is 81.6 Å². The number of nitrogens with one attached hydrogen (secondary N) is 2. The Bertz CT molecular complexity index is 915. The molecule has 0 aliphatic heterocycles. The fourth-order valence-corrected chi connectivity index (χ4v) is 2.52. The molecule has 2 aromatic heterocycles. The zero-order valence-corrected chi connectivity index (χ0v) is 11.2. The van der Waals surface area contributed by atoms with Gasteiger partial charge in [0.1, 0.15) is 5.82 Å². The van der Waals surface area contributed by atoms with Crippen molar-refractivity contribution in [3.63, 3.8) is 0 Å². The summed E-state index contributed by atoms with van der Waals surface area (Å²) in [6, 6.07) is 9.53. The van der Waals surface area contributed by atoms with Gasteiger partial charge in [0.15, 0.2) is 0 Å². The van der Waals surface area contributed by atoms with Crippen molar-refractivity contribution in [2.24, 2.45) is 5.92 Å². The molecule has 1 aliphatic rings. The predicted octanol–water partition coefficient (Wildman–Crippen LogP) is 2.94. The van der Waals surface area contributed by atoms with Gasteiger partial charge in [-0.15, -0.1) is 0 Å². The summed E-state index contributed by atoms with van der Waals surface area (Å²) >= 11 is 0. The van der Waals surface area contributed by atoms with Crippen LogP contribution < -0.4 is 5.32 Å². The van der Waals surface area contributed by atoms with Crippen LogP contribution >= 0.6 is 0 Å². The lowest BCUT2D eigenvalue weighted by Crippen LogP contribution is -2.14. The van der Waals surface area contributed by atoms with Crippen LogP contribution in [0.3, 0.4) is 0 Å². The van der Waals surface area contributed by atoms with Gasteiger partial charge in [-0.1, -0.05) is 6.07 Å². The normalized spacial score (nSPS) is 14.2. The molecule has 0 atom stereocenters. The number of benzene rings is 1. The van der Waals surface area contributed by atoms with E-state index in [4.69, 9.17) is 5.26 Å². The van der Waals surface area contributed by atoms with Gasteiger partial charge >= 0.3 is 0 Å². The molecule has 0 saturated heterocycles. The van der Waals surface area contributed by atoms with Crippen LogP contribution in [0.5, 0.6) is 0 Å². The molecular weight excluding hydrogens is 264 g/mol. The Labute approximate surface area is 120 Å². The maximum atomic E-state index is 11.8. The third kappa shape index (κ3) is 2.01. The molecule has 1 aromatic carbocycles. The van der Waals surface area contributed by atoms with E-state index in [0.29, 0.717) is 11.4 Å². The zero-order chi connectivity index (χ0) is 14.4. The first-order valence-electron chi connectivity index (χ1n) is 6.87. The van der Waals surface area contributed by atoms with Crippen LogP contribution in [0, 0.1) is 17.2 Å². The Morgan fingerprint density at radius 2 is 2.14 bits per heavy atom. The number of H-pyrrole nitrogens is 1. The SMILES string of the molecule is N#Cc1ccc2c(c1)[nH]c1cnc(NC(=O)C3CC3)cc12. The van der Waals surface area contributed by atoms with Crippen molar-refractivity contribution in [2.75, 3.05) is 5.32 Å². The number of anilines is 1. The van der Waals surface area contributed by atoms with E-state index in [0.717, 1.165) is 34.6 Å². The van der Waals surface area contributed by atoms with E-state index in [1.54, 1.807) is 12.3 Å². The highest BCUT2D eigenvalue weighted by molar-refractivity contribution is 6.08. The molecule has 2 N–H and O–H groups in total. The Morgan fingerprint density at radius 3 is 2.90 bits per heavy atom. The Balaban J connectivity index is 1.80. The number of carbonyl (C=O) groups excluding carboxylic acids is 1. The highest BCUT2D eigenvalue weighted by Crippen LogP contribution is 2.31. The van der Waals surface area contributed by atoms with Crippen molar-refractivity contribution in [3.8, 4) is 6.07 Å². The van der Waals surface area contributed by atoms with Gasteiger partial charge < -0.3 is 10.3 Å². The summed E-state index contributed by atoms with van der Waals surface area (Å²) in [4.78, 5) is 19.3. The molecule has 0 spiro atoms. The molecule has 4 rings (SSSR count). The van der Waals surface area contributed by atoms with Gasteiger partial charge in [-0.25, -0.2) is 4.98 Å². The van der Waals surface area contributed by atoms with Crippen LogP contribution in [0.25, 0.3) is 21.8 Å². The monoisotopic (exact) mass is 276 g/mol. The van der Waals surface area contributed by atoms with Crippen LogP contribution in [0.2, 0.25) is 0 Å². The van der Waals surface area contributed by atoms with Gasteiger partial charge in [-0.3, -0.25) is 4.79 Å². The van der Waals surface area contributed by atoms with Crippen LogP contribution in [0.4, 0.5) is 5.82 Å². The number of carbonyl (C=O) groups is 1. The number of rotatable bonds is 2. The molecule has 3 aromatic rings. The Hall–Kier alpha value is -2.87. The van der Waals surface area contributed by atoms with Crippen LogP contribution in [-0.4, -0.2) is 15.9 Å². The summed E-state index contributed by atoms with van der Waals surface area (Å²) in [5.74, 6) is 0.779. The van der Waals surface area contributed by atoms with Crippen molar-refractivity contribution >= 4 is 33.5 Å². The van der Waals surface area contributed by atoms with Crippen molar-refractivity contribution < 1.29 is 4.79 Å². The fraction of sp³-hybridized carbons (Fsp3) is 0.188. The number of aromatic nitrogens is 2. The van der Waals surface area contributed by atoms with E-state index in [1.807, 2.05) is 18.2 Å². The summed E-state index contributed by atoms with van der Waals surface area (Å²) in [5.41, 5.74) is 2.41. The summed E-state index contributed by atoms with van der Waals surface area (Å²) in [6.45, 7) is 0. The second kappa shape index (κ2) is 4.32.